The van der Waals surface area contributed by atoms with E-state index in [1.807, 2.05) is 18.2 Å². The Balaban J connectivity index is 2.48. The van der Waals surface area contributed by atoms with Crippen molar-refractivity contribution in [2.24, 2.45) is 10.2 Å². The normalized spacial score (nSPS) is 12.6. The van der Waals surface area contributed by atoms with Crippen molar-refractivity contribution in [3.8, 4) is 0 Å². The van der Waals surface area contributed by atoms with Crippen molar-refractivity contribution in [2.45, 2.75) is 0 Å². The van der Waals surface area contributed by atoms with Crippen LogP contribution in [0.15, 0.2) is 52.8 Å². The van der Waals surface area contributed by atoms with Crippen molar-refractivity contribution < 1.29 is 13.0 Å². The lowest BCUT2D eigenvalue weighted by Gasteiger charge is -1.87. The second kappa shape index (κ2) is 5.38. The minimum Gasteiger partial charge on any atom is -0.285 e. The van der Waals surface area contributed by atoms with Crippen LogP contribution in [0.2, 0.25) is 0 Å². The highest BCUT2D eigenvalue weighted by atomic mass is 32.2. The first kappa shape index (κ1) is 11.5. The highest BCUT2D eigenvalue weighted by molar-refractivity contribution is 7.85. The third-order valence-corrected chi connectivity index (χ3v) is 2.02. The molecule has 0 fully saturated rings. The van der Waals surface area contributed by atoms with Gasteiger partial charge in [0.25, 0.3) is 10.1 Å². The molecule has 1 aromatic rings. The summed E-state index contributed by atoms with van der Waals surface area (Å²) in [6.07, 6.45) is 2.43. The smallest absolute Gasteiger partial charge is 0.268 e. The van der Waals surface area contributed by atoms with Gasteiger partial charge in [-0.05, 0) is 18.2 Å². The fourth-order valence-electron chi connectivity index (χ4n) is 0.806. The Morgan fingerprint density at radius 1 is 1.27 bits per heavy atom. The molecule has 0 radical (unpaired) electrons. The zero-order chi connectivity index (χ0) is 11.1. The van der Waals surface area contributed by atoms with Crippen LogP contribution in [0.1, 0.15) is 0 Å². The van der Waals surface area contributed by atoms with Gasteiger partial charge in [-0.25, -0.2) is 0 Å². The van der Waals surface area contributed by atoms with Gasteiger partial charge >= 0.3 is 0 Å². The van der Waals surface area contributed by atoms with E-state index in [2.05, 4.69) is 10.2 Å². The van der Waals surface area contributed by atoms with Gasteiger partial charge in [0.05, 0.1) is 11.4 Å². The molecule has 0 unspecified atom stereocenters. The van der Waals surface area contributed by atoms with Crippen molar-refractivity contribution in [2.75, 3.05) is 5.75 Å². The Kier molecular flexibility index (Phi) is 4.14. The Morgan fingerprint density at radius 2 is 1.93 bits per heavy atom. The summed E-state index contributed by atoms with van der Waals surface area (Å²) in [6, 6.07) is 9.01. The second-order valence-corrected chi connectivity index (χ2v) is 4.18. The maximum Gasteiger partial charge on any atom is 0.268 e. The van der Waals surface area contributed by atoms with E-state index in [1.54, 1.807) is 12.1 Å². The summed E-state index contributed by atoms with van der Waals surface area (Å²) in [4.78, 5) is 0. The summed E-state index contributed by atoms with van der Waals surface area (Å²) >= 11 is 0. The first-order valence-corrected chi connectivity index (χ1v) is 5.75. The lowest BCUT2D eigenvalue weighted by molar-refractivity contribution is 0.486. The molecule has 0 spiro atoms. The van der Waals surface area contributed by atoms with E-state index < -0.39 is 15.9 Å². The average molecular weight is 226 g/mol. The monoisotopic (exact) mass is 226 g/mol. The van der Waals surface area contributed by atoms with E-state index in [1.165, 1.54) is 12.3 Å². The van der Waals surface area contributed by atoms with Crippen LogP contribution < -0.4 is 0 Å². The molecule has 1 N–H and O–H groups in total. The molecule has 6 heteroatoms. The summed E-state index contributed by atoms with van der Waals surface area (Å²) in [5.74, 6) is -0.458. The molecule has 1 aromatic carbocycles. The van der Waals surface area contributed by atoms with Gasteiger partial charge in [-0.1, -0.05) is 18.2 Å². The molecule has 0 aliphatic rings. The van der Waals surface area contributed by atoms with Gasteiger partial charge in [0.15, 0.2) is 0 Å². The summed E-state index contributed by atoms with van der Waals surface area (Å²) in [7, 11) is -3.96. The molecule has 0 aromatic heterocycles. The van der Waals surface area contributed by atoms with E-state index in [9.17, 15) is 8.42 Å². The predicted molar refractivity (Wildman–Crippen MR) is 56.5 cm³/mol. The zero-order valence-corrected chi connectivity index (χ0v) is 8.63. The summed E-state index contributed by atoms with van der Waals surface area (Å²) in [5, 5.41) is 7.40. The number of rotatable bonds is 4. The van der Waals surface area contributed by atoms with Crippen molar-refractivity contribution in [3.05, 3.63) is 42.6 Å². The molecular weight excluding hydrogens is 216 g/mol. The second-order valence-electron chi connectivity index (χ2n) is 2.68. The van der Waals surface area contributed by atoms with Crippen molar-refractivity contribution in [1.82, 2.24) is 0 Å². The standard InChI is InChI=1S/C9H10N2O3S/c12-15(13,14)8-4-7-10-11-9-5-2-1-3-6-9/h1-7H,8H2,(H,12,13,14). The third kappa shape index (κ3) is 5.71. The van der Waals surface area contributed by atoms with Crippen LogP contribution in [0.4, 0.5) is 5.69 Å². The summed E-state index contributed by atoms with van der Waals surface area (Å²) < 4.78 is 29.0. The van der Waals surface area contributed by atoms with Gasteiger partial charge in [0.1, 0.15) is 0 Å². The molecular formula is C9H10N2O3S. The minimum absolute atomic E-state index is 0.458. The minimum atomic E-state index is -3.96. The van der Waals surface area contributed by atoms with Crippen molar-refractivity contribution >= 4 is 15.8 Å². The molecule has 0 heterocycles. The number of azo groups is 1. The Hall–Kier alpha value is -1.53. The van der Waals surface area contributed by atoms with Crippen LogP contribution >= 0.6 is 0 Å². The fraction of sp³-hybridized carbons (Fsp3) is 0.111. The molecule has 0 saturated carbocycles. The maximum absolute atomic E-state index is 10.3. The van der Waals surface area contributed by atoms with Gasteiger partial charge in [0.2, 0.25) is 0 Å². The highest BCUT2D eigenvalue weighted by Crippen LogP contribution is 2.09. The van der Waals surface area contributed by atoms with Crippen molar-refractivity contribution in [3.63, 3.8) is 0 Å². The molecule has 1 rings (SSSR count). The molecule has 15 heavy (non-hydrogen) atoms. The Morgan fingerprint density at radius 3 is 2.53 bits per heavy atom. The highest BCUT2D eigenvalue weighted by Gasteiger charge is 1.97. The Labute approximate surface area is 87.9 Å². The predicted octanol–water partition coefficient (Wildman–Crippen LogP) is 2.17. The maximum atomic E-state index is 10.3. The molecule has 0 atom stereocenters. The zero-order valence-electron chi connectivity index (χ0n) is 7.81. The van der Waals surface area contributed by atoms with Crippen LogP contribution in [-0.4, -0.2) is 18.7 Å². The lowest BCUT2D eigenvalue weighted by atomic mass is 10.3. The summed E-state index contributed by atoms with van der Waals surface area (Å²) in [5.41, 5.74) is 0.675. The molecule has 0 amide bonds. The average Bonchev–Trinajstić information content (AvgIpc) is 2.17. The quantitative estimate of drug-likeness (QED) is 0.631. The third-order valence-electron chi connectivity index (χ3n) is 1.41. The van der Waals surface area contributed by atoms with Gasteiger partial charge in [-0.15, -0.1) is 0 Å². The van der Waals surface area contributed by atoms with E-state index in [0.29, 0.717) is 5.69 Å². The molecule has 0 aliphatic heterocycles. The number of nitrogens with zero attached hydrogens (tertiary/aromatic N) is 2. The number of hydrogen-bond acceptors (Lipinski definition) is 4. The van der Waals surface area contributed by atoms with E-state index in [4.69, 9.17) is 4.55 Å². The van der Waals surface area contributed by atoms with Crippen LogP contribution in [0, 0.1) is 0 Å². The lowest BCUT2D eigenvalue weighted by Crippen LogP contribution is -1.99. The van der Waals surface area contributed by atoms with Gasteiger partial charge in [-0.2, -0.15) is 18.6 Å². The molecule has 0 saturated heterocycles. The van der Waals surface area contributed by atoms with Crippen LogP contribution in [0.5, 0.6) is 0 Å². The molecule has 5 nitrogen and oxygen atoms in total. The molecule has 0 bridgehead atoms. The Bertz CT molecular complexity index is 452. The first-order valence-electron chi connectivity index (χ1n) is 4.14. The number of benzene rings is 1. The number of hydrogen-bond donors (Lipinski definition) is 1. The first-order chi connectivity index (χ1) is 7.08. The molecule has 80 valence electrons. The van der Waals surface area contributed by atoms with Gasteiger partial charge in [-0.3, -0.25) is 4.55 Å². The van der Waals surface area contributed by atoms with Crippen LogP contribution in [0.25, 0.3) is 0 Å². The summed E-state index contributed by atoms with van der Waals surface area (Å²) in [6.45, 7) is 0. The van der Waals surface area contributed by atoms with E-state index in [0.717, 1.165) is 0 Å². The van der Waals surface area contributed by atoms with Crippen LogP contribution in [0.3, 0.4) is 0 Å². The largest absolute Gasteiger partial charge is 0.285 e. The van der Waals surface area contributed by atoms with Crippen LogP contribution in [-0.2, 0) is 10.1 Å². The van der Waals surface area contributed by atoms with Gasteiger partial charge in [0, 0.05) is 6.20 Å². The van der Waals surface area contributed by atoms with E-state index >= 15 is 0 Å². The van der Waals surface area contributed by atoms with Crippen molar-refractivity contribution in [1.29, 1.82) is 0 Å². The van der Waals surface area contributed by atoms with Gasteiger partial charge < -0.3 is 0 Å². The topological polar surface area (TPSA) is 79.1 Å². The molecule has 0 aliphatic carbocycles. The van der Waals surface area contributed by atoms with E-state index in [-0.39, 0.29) is 0 Å². The SMILES string of the molecule is O=S(=O)(O)CC=CN=Nc1ccccc1. The fourth-order valence-corrected chi connectivity index (χ4v) is 1.14.